The third-order valence-electron chi connectivity index (χ3n) is 2.42. The molecule has 2 aromatic rings. The summed E-state index contributed by atoms with van der Waals surface area (Å²) in [5.74, 6) is 1.22. The molecule has 2 rings (SSSR count). The highest BCUT2D eigenvalue weighted by Gasteiger charge is 1.98. The Labute approximate surface area is 99.7 Å². The Morgan fingerprint density at radius 3 is 2.82 bits per heavy atom. The zero-order chi connectivity index (χ0) is 12.3. The van der Waals surface area contributed by atoms with Crippen LogP contribution < -0.4 is 10.9 Å². The molecule has 1 aromatic heterocycles. The van der Waals surface area contributed by atoms with Crippen molar-refractivity contribution in [2.45, 2.75) is 20.4 Å². The minimum absolute atomic E-state index is 0.135. The van der Waals surface area contributed by atoms with E-state index in [0.29, 0.717) is 18.2 Å². The van der Waals surface area contributed by atoms with Crippen LogP contribution in [0.15, 0.2) is 35.1 Å². The average Bonchev–Trinajstić information content (AvgIpc) is 2.25. The van der Waals surface area contributed by atoms with Gasteiger partial charge >= 0.3 is 0 Å². The van der Waals surface area contributed by atoms with Gasteiger partial charge in [0.2, 0.25) is 0 Å². The van der Waals surface area contributed by atoms with Gasteiger partial charge in [-0.2, -0.15) is 0 Å². The molecule has 0 atom stereocenters. The molecule has 0 spiro atoms. The molecule has 0 saturated carbocycles. The van der Waals surface area contributed by atoms with Gasteiger partial charge in [0.05, 0.1) is 0 Å². The fourth-order valence-corrected chi connectivity index (χ4v) is 1.68. The van der Waals surface area contributed by atoms with Crippen molar-refractivity contribution in [3.8, 4) is 0 Å². The van der Waals surface area contributed by atoms with E-state index in [4.69, 9.17) is 0 Å². The molecule has 0 amide bonds. The second-order valence-electron chi connectivity index (χ2n) is 4.06. The number of aromatic amines is 1. The van der Waals surface area contributed by atoms with Crippen LogP contribution in [-0.4, -0.2) is 9.97 Å². The highest BCUT2D eigenvalue weighted by Crippen LogP contribution is 2.06. The summed E-state index contributed by atoms with van der Waals surface area (Å²) in [7, 11) is 0. The molecule has 0 bridgehead atoms. The van der Waals surface area contributed by atoms with Crippen molar-refractivity contribution in [3.05, 3.63) is 57.6 Å². The number of aryl methyl sites for hydroxylation is 2. The molecule has 4 nitrogen and oxygen atoms in total. The molecule has 0 aliphatic heterocycles. The fraction of sp³-hybridized carbons (Fsp3) is 0.231. The molecule has 0 aliphatic rings. The first-order chi connectivity index (χ1) is 8.13. The van der Waals surface area contributed by atoms with Crippen molar-refractivity contribution in [1.82, 2.24) is 9.97 Å². The Balaban J connectivity index is 2.09. The largest absolute Gasteiger partial charge is 0.366 e. The number of rotatable bonds is 3. The third-order valence-corrected chi connectivity index (χ3v) is 2.42. The highest BCUT2D eigenvalue weighted by molar-refractivity contribution is 5.35. The lowest BCUT2D eigenvalue weighted by Gasteiger charge is -2.06. The Kier molecular flexibility index (Phi) is 3.23. The second kappa shape index (κ2) is 4.82. The van der Waals surface area contributed by atoms with Crippen LogP contribution in [0, 0.1) is 13.8 Å². The zero-order valence-corrected chi connectivity index (χ0v) is 9.95. The Morgan fingerprint density at radius 2 is 2.12 bits per heavy atom. The van der Waals surface area contributed by atoms with Crippen molar-refractivity contribution < 1.29 is 0 Å². The van der Waals surface area contributed by atoms with Crippen LogP contribution in [0.4, 0.5) is 5.82 Å². The quantitative estimate of drug-likeness (QED) is 0.846. The van der Waals surface area contributed by atoms with Gasteiger partial charge in [0.25, 0.3) is 5.56 Å². The summed E-state index contributed by atoms with van der Waals surface area (Å²) in [5, 5.41) is 3.14. The van der Waals surface area contributed by atoms with E-state index in [2.05, 4.69) is 34.3 Å². The second-order valence-corrected chi connectivity index (χ2v) is 4.06. The Bertz CT molecular complexity index is 575. The number of benzene rings is 1. The molecule has 1 aromatic carbocycles. The number of anilines is 1. The topological polar surface area (TPSA) is 57.8 Å². The van der Waals surface area contributed by atoms with E-state index in [1.165, 1.54) is 17.2 Å². The third kappa shape index (κ3) is 3.17. The van der Waals surface area contributed by atoms with Crippen molar-refractivity contribution in [2.24, 2.45) is 0 Å². The molecular formula is C13H15N3O. The van der Waals surface area contributed by atoms with Gasteiger partial charge < -0.3 is 10.3 Å². The lowest BCUT2D eigenvalue weighted by molar-refractivity contribution is 0.997. The van der Waals surface area contributed by atoms with Crippen molar-refractivity contribution >= 4 is 5.82 Å². The number of H-pyrrole nitrogens is 1. The van der Waals surface area contributed by atoms with Crippen molar-refractivity contribution in [2.75, 3.05) is 5.32 Å². The van der Waals surface area contributed by atoms with Gasteiger partial charge in [-0.3, -0.25) is 4.79 Å². The summed E-state index contributed by atoms with van der Waals surface area (Å²) >= 11 is 0. The first-order valence-electron chi connectivity index (χ1n) is 5.51. The number of nitrogens with one attached hydrogen (secondary N) is 2. The van der Waals surface area contributed by atoms with E-state index in [9.17, 15) is 4.79 Å². The molecule has 0 unspecified atom stereocenters. The molecule has 17 heavy (non-hydrogen) atoms. The summed E-state index contributed by atoms with van der Waals surface area (Å²) in [6.07, 6.45) is 0. The van der Waals surface area contributed by atoms with E-state index >= 15 is 0 Å². The van der Waals surface area contributed by atoms with E-state index in [1.807, 2.05) is 12.1 Å². The molecular weight excluding hydrogens is 214 g/mol. The van der Waals surface area contributed by atoms with Gasteiger partial charge in [-0.1, -0.05) is 29.8 Å². The smallest absolute Gasteiger partial charge is 0.252 e. The lowest BCUT2D eigenvalue weighted by atomic mass is 10.1. The number of hydrogen-bond acceptors (Lipinski definition) is 3. The van der Waals surface area contributed by atoms with E-state index in [0.717, 1.165) is 0 Å². The van der Waals surface area contributed by atoms with Crippen LogP contribution >= 0.6 is 0 Å². The molecule has 0 aliphatic carbocycles. The van der Waals surface area contributed by atoms with E-state index in [1.54, 1.807) is 6.92 Å². The average molecular weight is 229 g/mol. The van der Waals surface area contributed by atoms with Crippen LogP contribution in [0.5, 0.6) is 0 Å². The zero-order valence-electron chi connectivity index (χ0n) is 9.95. The highest BCUT2D eigenvalue weighted by atomic mass is 16.1. The molecule has 4 heteroatoms. The molecule has 0 radical (unpaired) electrons. The summed E-state index contributed by atoms with van der Waals surface area (Å²) in [6.45, 7) is 4.48. The standard InChI is InChI=1S/C13H15N3O/c1-9-4-3-5-11(6-9)8-14-12-7-13(17)16-10(2)15-12/h3-7H,8H2,1-2H3,(H2,14,15,16,17). The minimum Gasteiger partial charge on any atom is -0.366 e. The van der Waals surface area contributed by atoms with Gasteiger partial charge in [-0.15, -0.1) is 0 Å². The fourth-order valence-electron chi connectivity index (χ4n) is 1.68. The SMILES string of the molecule is Cc1cccc(CNc2cc(=O)[nH]c(C)n2)c1. The van der Waals surface area contributed by atoms with Gasteiger partial charge in [0, 0.05) is 12.6 Å². The number of hydrogen-bond donors (Lipinski definition) is 2. The monoisotopic (exact) mass is 229 g/mol. The summed E-state index contributed by atoms with van der Waals surface area (Å²) in [6, 6.07) is 9.68. The van der Waals surface area contributed by atoms with Crippen molar-refractivity contribution in [3.63, 3.8) is 0 Å². The number of nitrogens with zero attached hydrogens (tertiary/aromatic N) is 1. The van der Waals surface area contributed by atoms with Gasteiger partial charge in [-0.05, 0) is 19.4 Å². The maximum atomic E-state index is 11.2. The predicted octanol–water partition coefficient (Wildman–Crippen LogP) is 2.00. The maximum absolute atomic E-state index is 11.2. The summed E-state index contributed by atoms with van der Waals surface area (Å²) < 4.78 is 0. The first kappa shape index (κ1) is 11.4. The Hall–Kier alpha value is -2.10. The molecule has 88 valence electrons. The molecule has 0 fully saturated rings. The molecule has 0 saturated heterocycles. The van der Waals surface area contributed by atoms with E-state index in [-0.39, 0.29) is 5.56 Å². The van der Waals surface area contributed by atoms with Crippen LogP contribution in [0.2, 0.25) is 0 Å². The van der Waals surface area contributed by atoms with Crippen LogP contribution in [0.1, 0.15) is 17.0 Å². The van der Waals surface area contributed by atoms with Crippen molar-refractivity contribution in [1.29, 1.82) is 0 Å². The first-order valence-corrected chi connectivity index (χ1v) is 5.51. The predicted molar refractivity (Wildman–Crippen MR) is 68.1 cm³/mol. The van der Waals surface area contributed by atoms with Gasteiger partial charge in [0.15, 0.2) is 0 Å². The molecule has 1 heterocycles. The van der Waals surface area contributed by atoms with Crippen LogP contribution in [0.3, 0.4) is 0 Å². The van der Waals surface area contributed by atoms with Gasteiger partial charge in [-0.25, -0.2) is 4.98 Å². The summed E-state index contributed by atoms with van der Waals surface area (Å²) in [5.41, 5.74) is 2.26. The normalized spacial score (nSPS) is 10.2. The van der Waals surface area contributed by atoms with Gasteiger partial charge in [0.1, 0.15) is 11.6 Å². The Morgan fingerprint density at radius 1 is 1.29 bits per heavy atom. The lowest BCUT2D eigenvalue weighted by Crippen LogP contribution is -2.11. The maximum Gasteiger partial charge on any atom is 0.252 e. The van der Waals surface area contributed by atoms with Crippen LogP contribution in [0.25, 0.3) is 0 Å². The minimum atomic E-state index is -0.135. The van der Waals surface area contributed by atoms with Crippen LogP contribution in [-0.2, 0) is 6.54 Å². The van der Waals surface area contributed by atoms with E-state index < -0.39 is 0 Å². The number of aromatic nitrogens is 2. The molecule has 2 N–H and O–H groups in total. The summed E-state index contributed by atoms with van der Waals surface area (Å²) in [4.78, 5) is 18.1.